The number of ether oxygens (including phenoxy) is 3. The van der Waals surface area contributed by atoms with Crippen molar-refractivity contribution < 1.29 is 38.1 Å². The molecule has 3 amide bonds. The minimum Gasteiger partial charge on any atom is -0.508 e. The Hall–Kier alpha value is -5.66. The predicted octanol–water partition coefficient (Wildman–Crippen LogP) is 5.56. The summed E-state index contributed by atoms with van der Waals surface area (Å²) < 4.78 is 35.3. The van der Waals surface area contributed by atoms with Gasteiger partial charge in [-0.25, -0.2) is 4.39 Å². The fraction of sp³-hybridized carbons (Fsp3) is 0.438. The van der Waals surface area contributed by atoms with Crippen LogP contribution in [-0.4, -0.2) is 109 Å². The number of amides is 3. The summed E-state index contributed by atoms with van der Waals surface area (Å²) in [6.07, 6.45) is 3.27. The van der Waals surface area contributed by atoms with E-state index in [0.29, 0.717) is 54.8 Å². The molecule has 7 aliphatic rings. The molecule has 1 unspecified atom stereocenters. The molecule has 0 saturated carbocycles. The van der Waals surface area contributed by atoms with Gasteiger partial charge in [-0.3, -0.25) is 24.6 Å². The molecule has 4 saturated heterocycles. The van der Waals surface area contributed by atoms with Crippen LogP contribution in [0.3, 0.4) is 0 Å². The number of nitrogens with one attached hydrogen (secondary N) is 1. The summed E-state index contributed by atoms with van der Waals surface area (Å²) in [6, 6.07) is 24.6. The number of hydrogen-bond acceptors (Lipinski definition) is 10. The number of imide groups is 1. The van der Waals surface area contributed by atoms with Crippen molar-refractivity contribution in [3.8, 4) is 17.2 Å². The van der Waals surface area contributed by atoms with Crippen LogP contribution in [0.5, 0.6) is 17.2 Å². The summed E-state index contributed by atoms with van der Waals surface area (Å²) in [5.41, 5.74) is 5.87. The highest BCUT2D eigenvalue weighted by Gasteiger charge is 2.45. The normalized spacial score (nSPS) is 26.9. The molecule has 1 spiro atoms. The zero-order chi connectivity index (χ0) is 41.4. The van der Waals surface area contributed by atoms with Crippen LogP contribution in [-0.2, 0) is 20.9 Å². The lowest BCUT2D eigenvalue weighted by Gasteiger charge is -2.46. The molecule has 4 fully saturated rings. The number of halogens is 1. The van der Waals surface area contributed by atoms with Crippen LogP contribution in [0.2, 0.25) is 0 Å². The largest absolute Gasteiger partial charge is 0.508 e. The van der Waals surface area contributed by atoms with Crippen molar-refractivity contribution in [2.45, 2.75) is 68.2 Å². The number of rotatable bonds is 6. The summed E-state index contributed by atoms with van der Waals surface area (Å²) in [5, 5.41) is 12.6. The standard InChI is InChI=1S/C48H50FN5O7/c49-38-18-31(45-35-8-7-34(55)20-42(35)60-28-37(45)30-4-2-1-3-5-30)6-9-39(38)52-14-12-48(13-15-52)22-29(26-61-48)23-51-16-17-53-33(25-51)27-59-43-21-36-32(19-41(43)53)24-54(47(36)58)40-10-11-44(56)50-46(40)57/h1-9,18-21,29,33,37,40,45,55H,10-17,22-28H2,(H,50,56,57)/t29?,33-,37+,40-,45+/m1/s1. The Bertz CT molecular complexity index is 2400. The summed E-state index contributed by atoms with van der Waals surface area (Å²) >= 11 is 0. The van der Waals surface area contributed by atoms with Crippen LogP contribution in [0.4, 0.5) is 15.8 Å². The summed E-state index contributed by atoms with van der Waals surface area (Å²) in [6.45, 7) is 7.09. The maximum Gasteiger partial charge on any atom is 0.255 e. The fourth-order valence-electron chi connectivity index (χ4n) is 11.4. The third-order valence-electron chi connectivity index (χ3n) is 14.4. The van der Waals surface area contributed by atoms with E-state index in [1.165, 1.54) is 0 Å². The van der Waals surface area contributed by atoms with Gasteiger partial charge in [-0.1, -0.05) is 42.5 Å². The third kappa shape index (κ3) is 6.86. The van der Waals surface area contributed by atoms with Crippen molar-refractivity contribution in [1.29, 1.82) is 0 Å². The van der Waals surface area contributed by atoms with E-state index in [2.05, 4.69) is 44.3 Å². The van der Waals surface area contributed by atoms with Crippen LogP contribution in [0, 0.1) is 11.7 Å². The van der Waals surface area contributed by atoms with Crippen molar-refractivity contribution in [3.63, 3.8) is 0 Å². The fourth-order valence-corrected chi connectivity index (χ4v) is 11.4. The van der Waals surface area contributed by atoms with Gasteiger partial charge in [0.15, 0.2) is 0 Å². The number of nitrogens with zero attached hydrogens (tertiary/aromatic N) is 4. The molecule has 0 aliphatic carbocycles. The Balaban J connectivity index is 0.709. The van der Waals surface area contributed by atoms with Crippen molar-refractivity contribution in [1.82, 2.24) is 15.1 Å². The summed E-state index contributed by atoms with van der Waals surface area (Å²) in [4.78, 5) is 46.4. The molecule has 12 nitrogen and oxygen atoms in total. The second-order valence-electron chi connectivity index (χ2n) is 18.1. The van der Waals surface area contributed by atoms with Gasteiger partial charge >= 0.3 is 0 Å². The Morgan fingerprint density at radius 1 is 0.820 bits per heavy atom. The second kappa shape index (κ2) is 15.1. The molecule has 0 bridgehead atoms. The van der Waals surface area contributed by atoms with Gasteiger partial charge in [-0.15, -0.1) is 0 Å². The van der Waals surface area contributed by atoms with Crippen molar-refractivity contribution >= 4 is 29.1 Å². The van der Waals surface area contributed by atoms with E-state index in [0.717, 1.165) is 93.1 Å². The number of hydrogen-bond donors (Lipinski definition) is 2. The van der Waals surface area contributed by atoms with E-state index in [1.807, 2.05) is 36.4 Å². The number of anilines is 2. The van der Waals surface area contributed by atoms with Gasteiger partial charge in [0.2, 0.25) is 11.8 Å². The van der Waals surface area contributed by atoms with Gasteiger partial charge in [-0.2, -0.15) is 0 Å². The molecule has 316 valence electrons. The summed E-state index contributed by atoms with van der Waals surface area (Å²) in [5.74, 6) is 0.669. The average Bonchev–Trinajstić information content (AvgIpc) is 3.81. The average molecular weight is 828 g/mol. The Morgan fingerprint density at radius 2 is 1.66 bits per heavy atom. The molecule has 0 radical (unpaired) electrons. The Labute approximate surface area is 354 Å². The van der Waals surface area contributed by atoms with Crippen LogP contribution in [0.15, 0.2) is 78.9 Å². The van der Waals surface area contributed by atoms with Gasteiger partial charge in [0.05, 0.1) is 36.2 Å². The zero-order valence-electron chi connectivity index (χ0n) is 34.1. The molecule has 2 N–H and O–H groups in total. The molecule has 7 heterocycles. The Kier molecular flexibility index (Phi) is 9.45. The molecule has 11 rings (SSSR count). The summed E-state index contributed by atoms with van der Waals surface area (Å²) in [7, 11) is 0. The molecule has 0 aromatic heterocycles. The van der Waals surface area contributed by atoms with Gasteiger partial charge in [0, 0.05) is 81.3 Å². The molecular formula is C48H50FN5O7. The molecular weight excluding hydrogens is 778 g/mol. The number of phenols is 1. The van der Waals surface area contributed by atoms with Gasteiger partial charge in [0.1, 0.15) is 35.7 Å². The first kappa shape index (κ1) is 38.3. The van der Waals surface area contributed by atoms with Crippen molar-refractivity contribution in [2.24, 2.45) is 5.92 Å². The van der Waals surface area contributed by atoms with Gasteiger partial charge < -0.3 is 34.0 Å². The number of carbonyl (C=O) groups excluding carboxylic acids is 3. The lowest BCUT2D eigenvalue weighted by atomic mass is 9.76. The van der Waals surface area contributed by atoms with E-state index >= 15 is 4.39 Å². The first-order chi connectivity index (χ1) is 29.7. The molecule has 61 heavy (non-hydrogen) atoms. The minimum atomic E-state index is -0.645. The molecule has 13 heteroatoms. The number of benzene rings is 4. The minimum absolute atomic E-state index is 0.00191. The number of fused-ring (bicyclic) bond motifs is 5. The first-order valence-electron chi connectivity index (χ1n) is 21.8. The molecule has 4 aromatic rings. The maximum absolute atomic E-state index is 16.2. The highest BCUT2D eigenvalue weighted by molar-refractivity contribution is 6.06. The number of phenolic OH excluding ortho intramolecular Hbond substituents is 1. The van der Waals surface area contributed by atoms with E-state index in [1.54, 1.807) is 23.1 Å². The topological polar surface area (TPSA) is 124 Å². The quantitative estimate of drug-likeness (QED) is 0.239. The number of carbonyl (C=O) groups is 3. The van der Waals surface area contributed by atoms with Gasteiger partial charge in [-0.05, 0) is 78.6 Å². The predicted molar refractivity (Wildman–Crippen MR) is 225 cm³/mol. The van der Waals surface area contributed by atoms with E-state index < -0.39 is 11.9 Å². The number of aromatic hydroxyl groups is 1. The SMILES string of the molecule is O=C1CC[C@@H](N2Cc3cc4c(cc3C2=O)OC[C@H]2CN(CC3COC5(CCN(c6ccc([C@H]7c8ccc(O)cc8OC[C@H]7c7ccccc7)cc6F)CC5)C3)CCN42)C(=O)N1. The van der Waals surface area contributed by atoms with Gasteiger partial charge in [0.25, 0.3) is 5.91 Å². The zero-order valence-corrected chi connectivity index (χ0v) is 34.1. The smallest absolute Gasteiger partial charge is 0.255 e. The first-order valence-corrected chi connectivity index (χ1v) is 21.8. The molecule has 7 aliphatic heterocycles. The van der Waals surface area contributed by atoms with Crippen molar-refractivity contribution in [3.05, 3.63) is 112 Å². The van der Waals surface area contributed by atoms with Crippen LogP contribution in [0.25, 0.3) is 0 Å². The highest BCUT2D eigenvalue weighted by atomic mass is 19.1. The van der Waals surface area contributed by atoms with E-state index in [-0.39, 0.29) is 53.3 Å². The lowest BCUT2D eigenvalue weighted by Crippen LogP contribution is -2.58. The van der Waals surface area contributed by atoms with E-state index in [9.17, 15) is 19.5 Å². The Morgan fingerprint density at radius 3 is 2.48 bits per heavy atom. The lowest BCUT2D eigenvalue weighted by molar-refractivity contribution is -0.136. The maximum atomic E-state index is 16.2. The second-order valence-corrected chi connectivity index (χ2v) is 18.1. The van der Waals surface area contributed by atoms with E-state index in [4.69, 9.17) is 14.2 Å². The highest BCUT2D eigenvalue weighted by Crippen LogP contribution is 2.48. The monoisotopic (exact) mass is 827 g/mol. The van der Waals surface area contributed by atoms with Crippen molar-refractivity contribution in [2.75, 3.05) is 68.9 Å². The number of piperidine rings is 2. The molecule has 5 atom stereocenters. The van der Waals surface area contributed by atoms with Crippen LogP contribution in [0.1, 0.15) is 76.6 Å². The van der Waals surface area contributed by atoms with Crippen LogP contribution < -0.4 is 24.6 Å². The van der Waals surface area contributed by atoms with Crippen LogP contribution >= 0.6 is 0 Å². The number of piperazine rings is 1. The third-order valence-corrected chi connectivity index (χ3v) is 14.4. The molecule has 4 aromatic carbocycles.